The molecule has 1 aliphatic rings. The summed E-state index contributed by atoms with van der Waals surface area (Å²) in [5.74, 6) is 0.126. The van der Waals surface area contributed by atoms with Crippen molar-refractivity contribution in [2.75, 3.05) is 18.2 Å². The van der Waals surface area contributed by atoms with Gasteiger partial charge in [0.25, 0.3) is 11.8 Å². The first kappa shape index (κ1) is 29.7. The predicted octanol–water partition coefficient (Wildman–Crippen LogP) is 7.65. The smallest absolute Gasteiger partial charge is 0.272 e. The van der Waals surface area contributed by atoms with Gasteiger partial charge in [0.1, 0.15) is 11.4 Å². The maximum atomic E-state index is 13.4. The van der Waals surface area contributed by atoms with Crippen LogP contribution in [0.25, 0.3) is 17.2 Å². The fraction of sp³-hybridized carbons (Fsp3) is 0.0789. The highest BCUT2D eigenvalue weighted by Crippen LogP contribution is 2.37. The maximum Gasteiger partial charge on any atom is 0.272 e. The second-order valence-electron chi connectivity index (χ2n) is 10.6. The van der Waals surface area contributed by atoms with E-state index in [0.29, 0.717) is 33.9 Å². The van der Waals surface area contributed by atoms with Crippen molar-refractivity contribution in [3.8, 4) is 16.9 Å². The summed E-state index contributed by atoms with van der Waals surface area (Å²) in [6.45, 7) is 0. The Bertz CT molecular complexity index is 1920. The van der Waals surface area contributed by atoms with Crippen LogP contribution in [0.4, 0.5) is 5.69 Å². The highest BCUT2D eigenvalue weighted by molar-refractivity contribution is 8.00. The van der Waals surface area contributed by atoms with Crippen LogP contribution in [0.1, 0.15) is 37.4 Å². The summed E-state index contributed by atoms with van der Waals surface area (Å²) in [5.41, 5.74) is 7.40. The molecular weight excluding hydrogens is 580 g/mol. The van der Waals surface area contributed by atoms with Gasteiger partial charge >= 0.3 is 0 Å². The molecule has 45 heavy (non-hydrogen) atoms. The average molecular weight is 611 g/mol. The first-order chi connectivity index (χ1) is 22.0. The van der Waals surface area contributed by atoms with E-state index in [1.165, 1.54) is 34.0 Å². The van der Waals surface area contributed by atoms with E-state index < -0.39 is 11.8 Å². The number of ketones is 1. The molecule has 1 aliphatic carbocycles. The number of carbonyl (C=O) groups is 3. The molecule has 0 unspecified atom stereocenters. The maximum absolute atomic E-state index is 13.4. The van der Waals surface area contributed by atoms with Crippen molar-refractivity contribution in [2.24, 2.45) is 0 Å². The fourth-order valence-corrected chi connectivity index (χ4v) is 6.02. The predicted molar refractivity (Wildman–Crippen MR) is 180 cm³/mol. The third-order valence-electron chi connectivity index (χ3n) is 7.53. The molecule has 222 valence electrons. The summed E-state index contributed by atoms with van der Waals surface area (Å²) in [6.07, 6.45) is 2.45. The number of nitrogens with one attached hydrogen (secondary N) is 2. The third-order valence-corrected chi connectivity index (χ3v) is 8.54. The molecule has 0 fully saturated rings. The van der Waals surface area contributed by atoms with Crippen LogP contribution in [0.3, 0.4) is 0 Å². The molecule has 0 spiro atoms. The number of Topliss-reactive ketones (excluding diaryl/α,β-unsaturated/α-hetero) is 1. The van der Waals surface area contributed by atoms with Gasteiger partial charge in [-0.25, -0.2) is 0 Å². The number of fused-ring (bicyclic) bond motifs is 3. The Morgan fingerprint density at radius 2 is 1.51 bits per heavy atom. The van der Waals surface area contributed by atoms with Crippen molar-refractivity contribution in [2.45, 2.75) is 11.3 Å². The van der Waals surface area contributed by atoms with Gasteiger partial charge in [0.05, 0.1) is 12.9 Å². The minimum Gasteiger partial charge on any atom is -0.497 e. The monoisotopic (exact) mass is 610 g/mol. The lowest BCUT2D eigenvalue weighted by Gasteiger charge is -2.12. The normalized spacial score (nSPS) is 11.7. The summed E-state index contributed by atoms with van der Waals surface area (Å²) in [4.78, 5) is 40.2. The van der Waals surface area contributed by atoms with Crippen LogP contribution in [-0.4, -0.2) is 30.5 Å². The van der Waals surface area contributed by atoms with E-state index in [-0.39, 0.29) is 11.5 Å². The van der Waals surface area contributed by atoms with Crippen LogP contribution in [0.5, 0.6) is 5.75 Å². The lowest BCUT2D eigenvalue weighted by Crippen LogP contribution is -2.30. The number of methoxy groups -OCH3 is 1. The molecule has 0 radical (unpaired) electrons. The van der Waals surface area contributed by atoms with Crippen molar-refractivity contribution in [1.29, 1.82) is 0 Å². The van der Waals surface area contributed by atoms with Crippen LogP contribution in [0, 0.1) is 0 Å². The Hall–Kier alpha value is -5.40. The Morgan fingerprint density at radius 3 is 2.31 bits per heavy atom. The molecule has 5 aromatic carbocycles. The van der Waals surface area contributed by atoms with Crippen molar-refractivity contribution >= 4 is 41.1 Å². The minimum atomic E-state index is -0.476. The fourth-order valence-electron chi connectivity index (χ4n) is 5.22. The third kappa shape index (κ3) is 7.06. The van der Waals surface area contributed by atoms with Gasteiger partial charge < -0.3 is 15.4 Å². The van der Waals surface area contributed by atoms with Crippen LogP contribution in [0.2, 0.25) is 0 Å². The molecule has 0 saturated carbocycles. The van der Waals surface area contributed by atoms with Crippen molar-refractivity contribution in [1.82, 2.24) is 5.32 Å². The Balaban J connectivity index is 1.10. The van der Waals surface area contributed by atoms with Crippen molar-refractivity contribution < 1.29 is 19.1 Å². The summed E-state index contributed by atoms with van der Waals surface area (Å²) >= 11 is 1.45. The molecule has 0 aromatic heterocycles. The number of benzene rings is 5. The number of thioether (sulfide) groups is 1. The summed E-state index contributed by atoms with van der Waals surface area (Å²) in [7, 11) is 1.57. The number of carbonyl (C=O) groups excluding carboxylic acids is 3. The second kappa shape index (κ2) is 13.5. The quantitative estimate of drug-likeness (QED) is 0.0946. The molecular formula is C38H30N2O4S. The number of amides is 2. The van der Waals surface area contributed by atoms with Crippen molar-refractivity contribution in [3.63, 3.8) is 0 Å². The van der Waals surface area contributed by atoms with Gasteiger partial charge in [0, 0.05) is 21.7 Å². The van der Waals surface area contributed by atoms with Crippen LogP contribution < -0.4 is 15.4 Å². The van der Waals surface area contributed by atoms with E-state index in [9.17, 15) is 14.4 Å². The van der Waals surface area contributed by atoms with Crippen molar-refractivity contribution in [3.05, 3.63) is 155 Å². The van der Waals surface area contributed by atoms with Crippen LogP contribution in [0.15, 0.2) is 132 Å². The van der Waals surface area contributed by atoms with Gasteiger partial charge in [-0.05, 0) is 94.9 Å². The van der Waals surface area contributed by atoms with Crippen LogP contribution in [-0.2, 0) is 11.2 Å². The first-order valence-electron chi connectivity index (χ1n) is 14.5. The highest BCUT2D eigenvalue weighted by atomic mass is 32.2. The molecule has 7 heteroatoms. The van der Waals surface area contributed by atoms with Gasteiger partial charge in [-0.1, -0.05) is 66.7 Å². The van der Waals surface area contributed by atoms with E-state index in [1.807, 2.05) is 54.6 Å². The highest BCUT2D eigenvalue weighted by Gasteiger charge is 2.20. The number of hydrogen-bond donors (Lipinski definition) is 2. The SMILES string of the molecule is COc1cccc(/C=C(\NC(=O)c2ccccc2)C(=O)Nc2ccc(SCC(=O)c3ccc4c(c3)Cc3ccccc3-4)cc2)c1. The lowest BCUT2D eigenvalue weighted by atomic mass is 10.0. The van der Waals surface area contributed by atoms with Gasteiger partial charge in [-0.15, -0.1) is 11.8 Å². The molecule has 6 rings (SSSR count). The molecule has 0 bridgehead atoms. The summed E-state index contributed by atoms with van der Waals surface area (Å²) in [5, 5.41) is 5.62. The zero-order valence-corrected chi connectivity index (χ0v) is 25.4. The van der Waals surface area contributed by atoms with Crippen LogP contribution >= 0.6 is 11.8 Å². The molecule has 2 N–H and O–H groups in total. The Morgan fingerprint density at radius 1 is 0.756 bits per heavy atom. The van der Waals surface area contributed by atoms with Gasteiger partial charge in [-0.2, -0.15) is 0 Å². The minimum absolute atomic E-state index is 0.0672. The first-order valence-corrected chi connectivity index (χ1v) is 15.5. The van der Waals surface area contributed by atoms with Gasteiger partial charge in [0.2, 0.25) is 0 Å². The molecule has 5 aromatic rings. The largest absolute Gasteiger partial charge is 0.497 e. The summed E-state index contributed by atoms with van der Waals surface area (Å²) in [6, 6.07) is 37.5. The standard InChI is InChI=1S/C38H30N2O4S/c1-44-31-12-7-8-25(20-31)21-35(40-37(42)26-9-3-2-4-10-26)38(43)39-30-15-17-32(18-16-30)45-24-36(41)28-14-19-34-29(23-28)22-27-11-5-6-13-33(27)34/h2-21,23H,22,24H2,1H3,(H,39,43)(H,40,42)/b35-21-. The molecule has 6 nitrogen and oxygen atoms in total. The average Bonchev–Trinajstić information content (AvgIpc) is 3.46. The Labute approximate surface area is 266 Å². The molecule has 0 aliphatic heterocycles. The van der Waals surface area contributed by atoms with Gasteiger partial charge in [0.15, 0.2) is 5.78 Å². The molecule has 0 atom stereocenters. The zero-order valence-electron chi connectivity index (χ0n) is 24.6. The lowest BCUT2D eigenvalue weighted by molar-refractivity contribution is -0.113. The van der Waals surface area contributed by atoms with E-state index in [4.69, 9.17) is 4.74 Å². The second-order valence-corrected chi connectivity index (χ2v) is 11.6. The van der Waals surface area contributed by atoms with E-state index in [1.54, 1.807) is 61.7 Å². The number of ether oxygens (including phenoxy) is 1. The number of rotatable bonds is 10. The van der Waals surface area contributed by atoms with E-state index in [0.717, 1.165) is 11.3 Å². The van der Waals surface area contributed by atoms with Gasteiger partial charge in [-0.3, -0.25) is 14.4 Å². The number of hydrogen-bond acceptors (Lipinski definition) is 5. The summed E-state index contributed by atoms with van der Waals surface area (Å²) < 4.78 is 5.30. The van der Waals surface area contributed by atoms with E-state index in [2.05, 4.69) is 28.8 Å². The molecule has 0 heterocycles. The molecule has 2 amide bonds. The number of anilines is 1. The van der Waals surface area contributed by atoms with E-state index >= 15 is 0 Å². The Kier molecular flexibility index (Phi) is 8.89. The topological polar surface area (TPSA) is 84.5 Å². The zero-order chi connectivity index (χ0) is 31.2. The molecule has 0 saturated heterocycles.